The number of rotatable bonds is 4. The van der Waals surface area contributed by atoms with E-state index in [1.165, 1.54) is 20.3 Å². The second-order valence-electron chi connectivity index (χ2n) is 5.15. The van der Waals surface area contributed by atoms with E-state index in [0.717, 1.165) is 0 Å². The minimum Gasteiger partial charge on any atom is -0.497 e. The predicted molar refractivity (Wildman–Crippen MR) is 95.0 cm³/mol. The Balaban J connectivity index is 1.97. The van der Waals surface area contributed by atoms with Gasteiger partial charge >= 0.3 is 5.63 Å². The zero-order chi connectivity index (χ0) is 18.0. The van der Waals surface area contributed by atoms with Gasteiger partial charge in [-0.05, 0) is 36.4 Å². The maximum Gasteiger partial charge on any atom is 0.349 e. The van der Waals surface area contributed by atoms with Gasteiger partial charge in [0.2, 0.25) is 0 Å². The van der Waals surface area contributed by atoms with E-state index in [2.05, 4.69) is 5.32 Å². The molecule has 0 unspecified atom stereocenters. The summed E-state index contributed by atoms with van der Waals surface area (Å²) < 4.78 is 15.5. The molecule has 0 atom stereocenters. The molecular formula is C18H14ClNO5. The SMILES string of the molecule is COc1ccc(NC(=O)c2cc3cc(Cl)ccc3oc2=O)c(OC)c1. The van der Waals surface area contributed by atoms with Crippen LogP contribution in [0, 0.1) is 0 Å². The minimum atomic E-state index is -0.736. The van der Waals surface area contributed by atoms with Gasteiger partial charge in [0, 0.05) is 16.5 Å². The Morgan fingerprint density at radius 1 is 1.08 bits per heavy atom. The molecule has 1 aromatic heterocycles. The van der Waals surface area contributed by atoms with Gasteiger partial charge in [0.1, 0.15) is 22.6 Å². The Kier molecular flexibility index (Phi) is 4.63. The molecule has 128 valence electrons. The standard InChI is InChI=1S/C18H14ClNO5/c1-23-12-4-5-14(16(9-12)24-2)20-17(21)13-8-10-7-11(19)3-6-15(10)25-18(13)22/h3-9H,1-2H3,(H,20,21). The van der Waals surface area contributed by atoms with Crippen molar-refractivity contribution in [2.75, 3.05) is 19.5 Å². The summed E-state index contributed by atoms with van der Waals surface area (Å²) in [4.78, 5) is 24.6. The molecule has 3 aromatic rings. The molecule has 0 aliphatic heterocycles. The largest absolute Gasteiger partial charge is 0.497 e. The average Bonchev–Trinajstić information content (AvgIpc) is 2.61. The number of fused-ring (bicyclic) bond motifs is 1. The Bertz CT molecular complexity index is 1010. The lowest BCUT2D eigenvalue weighted by Crippen LogP contribution is -2.21. The zero-order valence-electron chi connectivity index (χ0n) is 13.5. The molecule has 0 bridgehead atoms. The van der Waals surface area contributed by atoms with Crippen LogP contribution >= 0.6 is 11.6 Å². The number of benzene rings is 2. The van der Waals surface area contributed by atoms with Crippen LogP contribution < -0.4 is 20.4 Å². The summed E-state index contributed by atoms with van der Waals surface area (Å²) in [5, 5.41) is 3.67. The van der Waals surface area contributed by atoms with E-state index < -0.39 is 11.5 Å². The van der Waals surface area contributed by atoms with Crippen molar-refractivity contribution in [3.8, 4) is 11.5 Å². The highest BCUT2D eigenvalue weighted by Crippen LogP contribution is 2.29. The molecule has 7 heteroatoms. The number of carbonyl (C=O) groups is 1. The number of halogens is 1. The van der Waals surface area contributed by atoms with Crippen molar-refractivity contribution in [2.45, 2.75) is 0 Å². The molecule has 1 N–H and O–H groups in total. The number of methoxy groups -OCH3 is 2. The topological polar surface area (TPSA) is 77.8 Å². The van der Waals surface area contributed by atoms with Gasteiger partial charge in [0.15, 0.2) is 0 Å². The highest BCUT2D eigenvalue weighted by molar-refractivity contribution is 6.31. The summed E-state index contributed by atoms with van der Waals surface area (Å²) in [5.74, 6) is 0.370. The maximum atomic E-state index is 12.5. The van der Waals surface area contributed by atoms with E-state index in [0.29, 0.717) is 33.2 Å². The van der Waals surface area contributed by atoms with Crippen molar-refractivity contribution < 1.29 is 18.7 Å². The number of hydrogen-bond acceptors (Lipinski definition) is 5. The average molecular weight is 360 g/mol. The zero-order valence-corrected chi connectivity index (χ0v) is 14.2. The minimum absolute atomic E-state index is 0.132. The van der Waals surface area contributed by atoms with Crippen LogP contribution in [0.5, 0.6) is 11.5 Å². The second-order valence-corrected chi connectivity index (χ2v) is 5.59. The summed E-state index contributed by atoms with van der Waals surface area (Å²) in [6.45, 7) is 0. The Morgan fingerprint density at radius 2 is 1.88 bits per heavy atom. The molecule has 0 saturated heterocycles. The van der Waals surface area contributed by atoms with Crippen molar-refractivity contribution in [2.24, 2.45) is 0 Å². The van der Waals surface area contributed by atoms with Gasteiger partial charge < -0.3 is 19.2 Å². The first kappa shape index (κ1) is 16.9. The van der Waals surface area contributed by atoms with Gasteiger partial charge in [-0.1, -0.05) is 11.6 Å². The summed E-state index contributed by atoms with van der Waals surface area (Å²) in [6.07, 6.45) is 0. The maximum absolute atomic E-state index is 12.5. The molecule has 1 amide bonds. The van der Waals surface area contributed by atoms with Crippen LogP contribution in [0.4, 0.5) is 5.69 Å². The van der Waals surface area contributed by atoms with E-state index in [4.69, 9.17) is 25.5 Å². The molecule has 3 rings (SSSR count). The third-order valence-electron chi connectivity index (χ3n) is 3.60. The van der Waals surface area contributed by atoms with Gasteiger partial charge in [-0.15, -0.1) is 0 Å². The molecule has 6 nitrogen and oxygen atoms in total. The predicted octanol–water partition coefficient (Wildman–Crippen LogP) is 3.72. The fourth-order valence-corrected chi connectivity index (χ4v) is 2.52. The number of amides is 1. The Labute approximate surface area is 147 Å². The number of nitrogens with one attached hydrogen (secondary N) is 1. The summed E-state index contributed by atoms with van der Waals surface area (Å²) in [6, 6.07) is 11.2. The van der Waals surface area contributed by atoms with E-state index in [9.17, 15) is 9.59 Å². The highest BCUT2D eigenvalue weighted by atomic mass is 35.5. The Hall–Kier alpha value is -2.99. The highest BCUT2D eigenvalue weighted by Gasteiger charge is 2.16. The first-order valence-corrected chi connectivity index (χ1v) is 7.66. The molecule has 0 saturated carbocycles. The van der Waals surface area contributed by atoms with Crippen LogP contribution in [0.2, 0.25) is 5.02 Å². The van der Waals surface area contributed by atoms with Gasteiger partial charge in [-0.25, -0.2) is 4.79 Å². The molecule has 0 spiro atoms. The second kappa shape index (κ2) is 6.86. The van der Waals surface area contributed by atoms with Gasteiger partial charge in [-0.3, -0.25) is 4.79 Å². The lowest BCUT2D eigenvalue weighted by molar-refractivity contribution is 0.102. The smallest absolute Gasteiger partial charge is 0.349 e. The lowest BCUT2D eigenvalue weighted by atomic mass is 10.1. The molecular weight excluding hydrogens is 346 g/mol. The van der Waals surface area contributed by atoms with E-state index in [-0.39, 0.29) is 5.56 Å². The summed E-state index contributed by atoms with van der Waals surface area (Å²) >= 11 is 5.94. The van der Waals surface area contributed by atoms with E-state index in [1.807, 2.05) is 0 Å². The molecule has 0 radical (unpaired) electrons. The van der Waals surface area contributed by atoms with Crippen LogP contribution in [0.25, 0.3) is 11.0 Å². The number of ether oxygens (including phenoxy) is 2. The quantitative estimate of drug-likeness (QED) is 0.718. The van der Waals surface area contributed by atoms with Gasteiger partial charge in [0.25, 0.3) is 5.91 Å². The van der Waals surface area contributed by atoms with Crippen molar-refractivity contribution >= 4 is 34.2 Å². The molecule has 2 aromatic carbocycles. The van der Waals surface area contributed by atoms with Crippen molar-refractivity contribution in [1.82, 2.24) is 0 Å². The van der Waals surface area contributed by atoms with Crippen LogP contribution in [0.3, 0.4) is 0 Å². The first-order chi connectivity index (χ1) is 12.0. The fraction of sp³-hybridized carbons (Fsp3) is 0.111. The third-order valence-corrected chi connectivity index (χ3v) is 3.83. The molecule has 0 aliphatic carbocycles. The van der Waals surface area contributed by atoms with E-state index in [1.54, 1.807) is 36.4 Å². The van der Waals surface area contributed by atoms with Crippen molar-refractivity contribution in [3.63, 3.8) is 0 Å². The van der Waals surface area contributed by atoms with Crippen LogP contribution in [0.15, 0.2) is 51.7 Å². The summed E-state index contributed by atoms with van der Waals surface area (Å²) in [5.41, 5.74) is -0.112. The van der Waals surface area contributed by atoms with Crippen molar-refractivity contribution in [3.05, 3.63) is 63.5 Å². The number of hydrogen-bond donors (Lipinski definition) is 1. The molecule has 25 heavy (non-hydrogen) atoms. The first-order valence-electron chi connectivity index (χ1n) is 7.28. The molecule has 0 fully saturated rings. The molecule has 0 aliphatic rings. The normalized spacial score (nSPS) is 10.5. The Morgan fingerprint density at radius 3 is 2.60 bits per heavy atom. The monoisotopic (exact) mass is 359 g/mol. The lowest BCUT2D eigenvalue weighted by Gasteiger charge is -2.11. The fourth-order valence-electron chi connectivity index (χ4n) is 2.34. The van der Waals surface area contributed by atoms with E-state index >= 15 is 0 Å². The van der Waals surface area contributed by atoms with Gasteiger partial charge in [-0.2, -0.15) is 0 Å². The van der Waals surface area contributed by atoms with Crippen LogP contribution in [-0.2, 0) is 0 Å². The summed E-state index contributed by atoms with van der Waals surface area (Å²) in [7, 11) is 3.00. The van der Waals surface area contributed by atoms with Crippen molar-refractivity contribution in [1.29, 1.82) is 0 Å². The third kappa shape index (κ3) is 3.44. The van der Waals surface area contributed by atoms with Gasteiger partial charge in [0.05, 0.1) is 19.9 Å². The number of anilines is 1. The van der Waals surface area contributed by atoms with Crippen LogP contribution in [0.1, 0.15) is 10.4 Å². The molecule has 1 heterocycles. The van der Waals surface area contributed by atoms with Crippen LogP contribution in [-0.4, -0.2) is 20.1 Å². The number of carbonyl (C=O) groups excluding carboxylic acids is 1.